The van der Waals surface area contributed by atoms with Gasteiger partial charge < -0.3 is 5.11 Å². The molecule has 0 unspecified atom stereocenters. The van der Waals surface area contributed by atoms with Crippen LogP contribution < -0.4 is 4.72 Å². The lowest BCUT2D eigenvalue weighted by molar-refractivity contribution is 0.0698. The summed E-state index contributed by atoms with van der Waals surface area (Å²) in [6.07, 6.45) is 0. The molecule has 2 aromatic rings. The fourth-order valence-corrected chi connectivity index (χ4v) is 3.71. The second-order valence-electron chi connectivity index (χ2n) is 4.49. The number of benzene rings is 2. The fourth-order valence-electron chi connectivity index (χ4n) is 1.80. The number of carbonyl (C=O) groups is 1. The van der Waals surface area contributed by atoms with Crippen molar-refractivity contribution in [3.05, 3.63) is 57.6 Å². The summed E-state index contributed by atoms with van der Waals surface area (Å²) in [7, 11) is -4.04. The van der Waals surface area contributed by atoms with Crippen molar-refractivity contribution in [3.8, 4) is 0 Å². The largest absolute Gasteiger partial charge is 0.478 e. The summed E-state index contributed by atoms with van der Waals surface area (Å²) in [6, 6.07) is 8.35. The molecular formula is C14H11Cl2NO4S. The van der Waals surface area contributed by atoms with Crippen LogP contribution in [0.5, 0.6) is 0 Å². The fraction of sp³-hybridized carbons (Fsp3) is 0.0714. The molecule has 0 aliphatic rings. The van der Waals surface area contributed by atoms with E-state index in [2.05, 4.69) is 4.72 Å². The molecule has 116 valence electrons. The van der Waals surface area contributed by atoms with Crippen LogP contribution in [-0.4, -0.2) is 19.5 Å². The number of sulfonamides is 1. The molecule has 0 bridgehead atoms. The van der Waals surface area contributed by atoms with Gasteiger partial charge >= 0.3 is 5.97 Å². The van der Waals surface area contributed by atoms with Gasteiger partial charge in [0, 0.05) is 5.02 Å². The lowest BCUT2D eigenvalue weighted by Gasteiger charge is -2.12. The van der Waals surface area contributed by atoms with Gasteiger partial charge in [-0.3, -0.25) is 4.72 Å². The summed E-state index contributed by atoms with van der Waals surface area (Å²) in [6.45, 7) is 1.64. The number of para-hydroxylation sites is 1. The molecule has 8 heteroatoms. The minimum Gasteiger partial charge on any atom is -0.478 e. The van der Waals surface area contributed by atoms with Gasteiger partial charge in [-0.05, 0) is 36.8 Å². The topological polar surface area (TPSA) is 83.5 Å². The molecule has 5 nitrogen and oxygen atoms in total. The lowest BCUT2D eigenvalue weighted by atomic mass is 10.2. The normalized spacial score (nSPS) is 11.2. The number of hydrogen-bond donors (Lipinski definition) is 2. The first-order valence-corrected chi connectivity index (χ1v) is 8.27. The number of carboxylic acids is 1. The Morgan fingerprint density at radius 3 is 2.41 bits per heavy atom. The minimum absolute atomic E-state index is 0.0429. The van der Waals surface area contributed by atoms with Crippen molar-refractivity contribution in [1.82, 2.24) is 0 Å². The Labute approximate surface area is 137 Å². The molecule has 0 radical (unpaired) electrons. The Hall–Kier alpha value is -1.76. The molecule has 22 heavy (non-hydrogen) atoms. The molecule has 0 saturated heterocycles. The average molecular weight is 360 g/mol. The summed E-state index contributed by atoms with van der Waals surface area (Å²) in [5.41, 5.74) is 0.338. The van der Waals surface area contributed by atoms with Gasteiger partial charge in [-0.15, -0.1) is 0 Å². The second-order valence-corrected chi connectivity index (χ2v) is 6.95. The lowest BCUT2D eigenvalue weighted by Crippen LogP contribution is -2.16. The first kappa shape index (κ1) is 16.6. The standard InChI is InChI=1S/C14H11Cl2NO4S/c1-8-6-13(11(16)7-10(8)15)22(20,21)17-12-5-3-2-4-9(12)14(18)19/h2-7,17H,1H3,(H,18,19). The zero-order valence-corrected chi connectivity index (χ0v) is 13.6. The summed E-state index contributed by atoms with van der Waals surface area (Å²) in [4.78, 5) is 11.0. The van der Waals surface area contributed by atoms with Crippen molar-refractivity contribution in [2.45, 2.75) is 11.8 Å². The van der Waals surface area contributed by atoms with Gasteiger partial charge in [0.15, 0.2) is 0 Å². The highest BCUT2D eigenvalue weighted by atomic mass is 35.5. The van der Waals surface area contributed by atoms with Crippen molar-refractivity contribution >= 4 is 44.9 Å². The van der Waals surface area contributed by atoms with Gasteiger partial charge in [0.05, 0.1) is 16.3 Å². The molecule has 0 saturated carbocycles. The van der Waals surface area contributed by atoms with Gasteiger partial charge in [0.1, 0.15) is 4.90 Å². The SMILES string of the molecule is Cc1cc(S(=O)(=O)Nc2ccccc2C(=O)O)c(Cl)cc1Cl. The summed E-state index contributed by atoms with van der Waals surface area (Å²) in [5, 5.41) is 9.39. The van der Waals surface area contributed by atoms with Crippen LogP contribution in [0.1, 0.15) is 15.9 Å². The Balaban J connectivity index is 2.50. The highest BCUT2D eigenvalue weighted by Gasteiger charge is 2.21. The number of aromatic carboxylic acids is 1. The van der Waals surface area contributed by atoms with E-state index in [0.717, 1.165) is 0 Å². The van der Waals surface area contributed by atoms with Crippen LogP contribution in [0, 0.1) is 6.92 Å². The molecular weight excluding hydrogens is 349 g/mol. The number of anilines is 1. The van der Waals surface area contributed by atoms with Crippen LogP contribution in [0.4, 0.5) is 5.69 Å². The van der Waals surface area contributed by atoms with E-state index in [0.29, 0.717) is 10.6 Å². The van der Waals surface area contributed by atoms with E-state index >= 15 is 0 Å². The number of rotatable bonds is 4. The van der Waals surface area contributed by atoms with Gasteiger partial charge in [0.25, 0.3) is 10.0 Å². The van der Waals surface area contributed by atoms with Crippen LogP contribution in [0.15, 0.2) is 41.3 Å². The number of carboxylic acid groups (broad SMARTS) is 1. The zero-order valence-electron chi connectivity index (χ0n) is 11.3. The first-order valence-electron chi connectivity index (χ1n) is 6.03. The molecule has 0 aliphatic heterocycles. The molecule has 0 atom stereocenters. The predicted octanol–water partition coefficient (Wildman–Crippen LogP) is 3.80. The number of halogens is 2. The molecule has 2 aromatic carbocycles. The molecule has 0 spiro atoms. The Kier molecular flexibility index (Phi) is 4.65. The smallest absolute Gasteiger partial charge is 0.337 e. The number of aryl methyl sites for hydroxylation is 1. The van der Waals surface area contributed by atoms with Crippen LogP contribution in [-0.2, 0) is 10.0 Å². The summed E-state index contributed by atoms with van der Waals surface area (Å²) in [5.74, 6) is -1.24. The van der Waals surface area contributed by atoms with E-state index in [9.17, 15) is 13.2 Å². The molecule has 0 aromatic heterocycles. The number of hydrogen-bond acceptors (Lipinski definition) is 3. The Bertz CT molecular complexity index is 850. The van der Waals surface area contributed by atoms with Gasteiger partial charge in [-0.1, -0.05) is 35.3 Å². The monoisotopic (exact) mass is 359 g/mol. The molecule has 2 rings (SSSR count). The molecule has 0 aliphatic carbocycles. The quantitative estimate of drug-likeness (QED) is 0.869. The van der Waals surface area contributed by atoms with Gasteiger partial charge in [-0.2, -0.15) is 0 Å². The zero-order chi connectivity index (χ0) is 16.5. The van der Waals surface area contributed by atoms with E-state index in [4.69, 9.17) is 28.3 Å². The van der Waals surface area contributed by atoms with Crippen molar-refractivity contribution in [2.75, 3.05) is 4.72 Å². The highest BCUT2D eigenvalue weighted by Crippen LogP contribution is 2.30. The van der Waals surface area contributed by atoms with Crippen LogP contribution in [0.3, 0.4) is 0 Å². The number of nitrogens with one attached hydrogen (secondary N) is 1. The maximum Gasteiger partial charge on any atom is 0.337 e. The first-order chi connectivity index (χ1) is 10.2. The van der Waals surface area contributed by atoms with Crippen LogP contribution in [0.2, 0.25) is 10.0 Å². The van der Waals surface area contributed by atoms with Crippen molar-refractivity contribution in [3.63, 3.8) is 0 Å². The molecule has 0 fully saturated rings. The van der Waals surface area contributed by atoms with Crippen molar-refractivity contribution in [2.24, 2.45) is 0 Å². The van der Waals surface area contributed by atoms with E-state index in [1.165, 1.54) is 36.4 Å². The van der Waals surface area contributed by atoms with E-state index in [1.807, 2.05) is 0 Å². The minimum atomic E-state index is -4.04. The van der Waals surface area contributed by atoms with Gasteiger partial charge in [0.2, 0.25) is 0 Å². The van der Waals surface area contributed by atoms with Crippen molar-refractivity contribution < 1.29 is 18.3 Å². The maximum absolute atomic E-state index is 12.4. The maximum atomic E-state index is 12.4. The van der Waals surface area contributed by atoms with E-state index in [1.54, 1.807) is 6.92 Å². The van der Waals surface area contributed by atoms with Crippen LogP contribution >= 0.6 is 23.2 Å². The Morgan fingerprint density at radius 1 is 1.14 bits per heavy atom. The van der Waals surface area contributed by atoms with Gasteiger partial charge in [-0.25, -0.2) is 13.2 Å². The highest BCUT2D eigenvalue weighted by molar-refractivity contribution is 7.92. The molecule has 2 N–H and O–H groups in total. The molecule has 0 heterocycles. The van der Waals surface area contributed by atoms with E-state index in [-0.39, 0.29) is 21.2 Å². The summed E-state index contributed by atoms with van der Waals surface area (Å²) < 4.78 is 27.1. The predicted molar refractivity (Wildman–Crippen MR) is 85.4 cm³/mol. The van der Waals surface area contributed by atoms with Crippen molar-refractivity contribution in [1.29, 1.82) is 0 Å². The Morgan fingerprint density at radius 2 is 1.77 bits per heavy atom. The van der Waals surface area contributed by atoms with E-state index < -0.39 is 16.0 Å². The third-order valence-corrected chi connectivity index (χ3v) is 5.14. The summed E-state index contributed by atoms with van der Waals surface area (Å²) >= 11 is 11.8. The van der Waals surface area contributed by atoms with Crippen LogP contribution in [0.25, 0.3) is 0 Å². The molecule has 0 amide bonds. The second kappa shape index (κ2) is 6.16. The third-order valence-electron chi connectivity index (χ3n) is 2.90. The average Bonchev–Trinajstić information content (AvgIpc) is 2.42. The third kappa shape index (κ3) is 3.35.